The highest BCUT2D eigenvalue weighted by Gasteiger charge is 2.17. The molecule has 0 radical (unpaired) electrons. The summed E-state index contributed by atoms with van der Waals surface area (Å²) in [4.78, 5) is 19.0. The van der Waals surface area contributed by atoms with Crippen molar-refractivity contribution in [1.29, 1.82) is 0 Å². The van der Waals surface area contributed by atoms with Gasteiger partial charge in [-0.05, 0) is 13.8 Å². The predicted octanol–water partition coefficient (Wildman–Crippen LogP) is -0.762. The van der Waals surface area contributed by atoms with Gasteiger partial charge in [0.25, 0.3) is 0 Å². The minimum Gasteiger partial charge on any atom is -0.290 e. The van der Waals surface area contributed by atoms with E-state index in [0.717, 1.165) is 0 Å². The molecule has 0 saturated heterocycles. The average Bonchev–Trinajstić information content (AvgIpc) is 1.58. The van der Waals surface area contributed by atoms with Crippen LogP contribution in [0.15, 0.2) is 0 Å². The van der Waals surface area contributed by atoms with Gasteiger partial charge in [-0.3, -0.25) is 11.5 Å². The lowest BCUT2D eigenvalue weighted by molar-refractivity contribution is -0.991. The van der Waals surface area contributed by atoms with Crippen molar-refractivity contribution in [2.45, 2.75) is 26.3 Å². The molecule has 0 spiro atoms. The van der Waals surface area contributed by atoms with Crippen molar-refractivity contribution in [3.63, 3.8) is 0 Å². The van der Waals surface area contributed by atoms with Crippen LogP contribution in [0, 0.1) is 4.91 Å². The molecule has 0 aromatic carbocycles. The maximum Gasteiger partial charge on any atom is 0.480 e. The SMILES string of the molecule is CC(N)O[N+](=O)OC(C)N. The molecule has 0 fully saturated rings. The highest BCUT2D eigenvalue weighted by molar-refractivity contribution is 4.22. The van der Waals surface area contributed by atoms with E-state index in [2.05, 4.69) is 9.68 Å². The van der Waals surface area contributed by atoms with E-state index in [1.165, 1.54) is 13.8 Å². The van der Waals surface area contributed by atoms with E-state index in [1.54, 1.807) is 0 Å². The van der Waals surface area contributed by atoms with E-state index in [1.807, 2.05) is 0 Å². The monoisotopic (exact) mass is 150 g/mol. The summed E-state index contributed by atoms with van der Waals surface area (Å²) >= 11 is 0. The van der Waals surface area contributed by atoms with Crippen molar-refractivity contribution in [2.24, 2.45) is 11.5 Å². The third kappa shape index (κ3) is 5.26. The molecule has 0 aromatic heterocycles. The highest BCUT2D eigenvalue weighted by atomic mass is 17.0. The van der Waals surface area contributed by atoms with Crippen LogP contribution in [-0.2, 0) is 9.68 Å². The van der Waals surface area contributed by atoms with Crippen LogP contribution in [0.2, 0.25) is 0 Å². The first-order chi connectivity index (χ1) is 4.52. The molecule has 6 nitrogen and oxygen atoms in total. The van der Waals surface area contributed by atoms with E-state index in [0.29, 0.717) is 0 Å². The third-order valence-corrected chi connectivity index (χ3v) is 0.505. The summed E-state index contributed by atoms with van der Waals surface area (Å²) in [5.74, 6) is 0. The largest absolute Gasteiger partial charge is 0.480 e. The molecule has 0 aliphatic rings. The van der Waals surface area contributed by atoms with E-state index in [-0.39, 0.29) is 5.09 Å². The van der Waals surface area contributed by atoms with Crippen molar-refractivity contribution in [3.05, 3.63) is 4.91 Å². The summed E-state index contributed by atoms with van der Waals surface area (Å²) in [6.07, 6.45) is -1.40. The van der Waals surface area contributed by atoms with Gasteiger partial charge in [-0.25, -0.2) is 0 Å². The Morgan fingerprint density at radius 1 is 1.20 bits per heavy atom. The molecule has 4 N–H and O–H groups in total. The van der Waals surface area contributed by atoms with Crippen molar-refractivity contribution < 1.29 is 14.8 Å². The minimum atomic E-state index is -0.698. The Kier molecular flexibility index (Phi) is 3.67. The summed E-state index contributed by atoms with van der Waals surface area (Å²) in [6.45, 7) is 2.99. The lowest BCUT2D eigenvalue weighted by atomic mass is 10.7. The zero-order chi connectivity index (χ0) is 8.15. The van der Waals surface area contributed by atoms with E-state index < -0.39 is 12.5 Å². The van der Waals surface area contributed by atoms with Gasteiger partial charge in [0.15, 0.2) is 0 Å². The molecule has 0 heterocycles. The number of hydrogen-bond donors (Lipinski definition) is 2. The van der Waals surface area contributed by atoms with Crippen LogP contribution < -0.4 is 11.5 Å². The lowest BCUT2D eigenvalue weighted by Gasteiger charge is -1.97. The Balaban J connectivity index is 3.44. The molecule has 0 rings (SSSR count). The van der Waals surface area contributed by atoms with Crippen LogP contribution in [-0.4, -0.2) is 17.5 Å². The Morgan fingerprint density at radius 3 is 1.70 bits per heavy atom. The van der Waals surface area contributed by atoms with Crippen LogP contribution in [0.5, 0.6) is 0 Å². The first-order valence-electron chi connectivity index (χ1n) is 2.84. The van der Waals surface area contributed by atoms with Gasteiger partial charge in [-0.2, -0.15) is 9.68 Å². The van der Waals surface area contributed by atoms with Crippen LogP contribution in [0.25, 0.3) is 0 Å². The van der Waals surface area contributed by atoms with Crippen LogP contribution >= 0.6 is 0 Å². The predicted molar refractivity (Wildman–Crippen MR) is 33.1 cm³/mol. The summed E-state index contributed by atoms with van der Waals surface area (Å²) in [7, 11) is 0. The Hall–Kier alpha value is -0.880. The number of hydrogen-bond acceptors (Lipinski definition) is 5. The minimum absolute atomic E-state index is 0.102. The van der Waals surface area contributed by atoms with Gasteiger partial charge in [0.05, 0.1) is 0 Å². The normalized spacial score (nSPS) is 15.6. The molecule has 0 bridgehead atoms. The summed E-state index contributed by atoms with van der Waals surface area (Å²) in [5, 5.41) is -0.102. The van der Waals surface area contributed by atoms with Gasteiger partial charge in [-0.1, -0.05) is 0 Å². The molecule has 0 aliphatic carbocycles. The summed E-state index contributed by atoms with van der Waals surface area (Å²) in [6, 6.07) is 0. The van der Waals surface area contributed by atoms with Gasteiger partial charge >= 0.3 is 5.09 Å². The number of nitrogens with zero attached hydrogens (tertiary/aromatic N) is 1. The van der Waals surface area contributed by atoms with Gasteiger partial charge < -0.3 is 0 Å². The zero-order valence-corrected chi connectivity index (χ0v) is 5.98. The second kappa shape index (κ2) is 4.02. The van der Waals surface area contributed by atoms with Crippen molar-refractivity contribution in [1.82, 2.24) is 0 Å². The molecule has 2 unspecified atom stereocenters. The second-order valence-corrected chi connectivity index (χ2v) is 1.84. The standard InChI is InChI=1S/C4H12N3O3/c1-3(5)9-7(8)10-4(2)6/h3-4H,5-6H2,1-2H3/q+1. The van der Waals surface area contributed by atoms with Gasteiger partial charge in [0, 0.05) is 0 Å². The van der Waals surface area contributed by atoms with Gasteiger partial charge in [0.1, 0.15) is 4.91 Å². The Labute approximate surface area is 58.6 Å². The van der Waals surface area contributed by atoms with Crippen molar-refractivity contribution in [3.8, 4) is 0 Å². The average molecular weight is 150 g/mol. The topological polar surface area (TPSA) is 90.6 Å². The Bertz CT molecular complexity index is 102. The third-order valence-electron chi connectivity index (χ3n) is 0.505. The maximum atomic E-state index is 10.4. The summed E-state index contributed by atoms with van der Waals surface area (Å²) < 4.78 is 0. The quantitative estimate of drug-likeness (QED) is 0.406. The van der Waals surface area contributed by atoms with Crippen molar-refractivity contribution in [2.75, 3.05) is 0 Å². The highest BCUT2D eigenvalue weighted by Crippen LogP contribution is 1.86. The fourth-order valence-electron chi connectivity index (χ4n) is 0.296. The molecule has 10 heavy (non-hydrogen) atoms. The second-order valence-electron chi connectivity index (χ2n) is 1.84. The molecular formula is C4H12N3O3+. The first-order valence-corrected chi connectivity index (χ1v) is 2.84. The van der Waals surface area contributed by atoms with Crippen LogP contribution in [0.3, 0.4) is 0 Å². The molecule has 0 aliphatic heterocycles. The number of nitrogens with two attached hydrogens (primary N) is 2. The van der Waals surface area contributed by atoms with E-state index in [9.17, 15) is 4.91 Å². The summed E-state index contributed by atoms with van der Waals surface area (Å²) in [5.41, 5.74) is 10.2. The van der Waals surface area contributed by atoms with Gasteiger partial charge in [-0.15, -0.1) is 0 Å². The molecular weight excluding hydrogens is 138 g/mol. The van der Waals surface area contributed by atoms with Gasteiger partial charge in [0.2, 0.25) is 12.5 Å². The lowest BCUT2D eigenvalue weighted by Crippen LogP contribution is -2.30. The fraction of sp³-hybridized carbons (Fsp3) is 1.00. The maximum absolute atomic E-state index is 10.4. The van der Waals surface area contributed by atoms with E-state index >= 15 is 0 Å². The Morgan fingerprint density at radius 2 is 1.50 bits per heavy atom. The molecule has 0 saturated carbocycles. The first kappa shape index (κ1) is 9.12. The van der Waals surface area contributed by atoms with Crippen molar-refractivity contribution >= 4 is 0 Å². The number of rotatable bonds is 4. The van der Waals surface area contributed by atoms with Crippen LogP contribution in [0.4, 0.5) is 0 Å². The molecule has 0 aromatic rings. The smallest absolute Gasteiger partial charge is 0.290 e. The van der Waals surface area contributed by atoms with Crippen LogP contribution in [0.1, 0.15) is 13.8 Å². The molecule has 2 atom stereocenters. The molecule has 60 valence electrons. The van der Waals surface area contributed by atoms with E-state index in [4.69, 9.17) is 11.5 Å². The molecule has 6 heteroatoms. The zero-order valence-electron chi connectivity index (χ0n) is 5.98. The molecule has 0 amide bonds. The fourth-order valence-corrected chi connectivity index (χ4v) is 0.296.